The summed E-state index contributed by atoms with van der Waals surface area (Å²) in [5, 5.41) is 2.91. The molecule has 3 rings (SSSR count). The van der Waals surface area contributed by atoms with Gasteiger partial charge in [-0.05, 0) is 55.0 Å². The highest BCUT2D eigenvalue weighted by molar-refractivity contribution is 7.14. The average molecular weight is 372 g/mol. The van der Waals surface area contributed by atoms with Gasteiger partial charge in [-0.1, -0.05) is 6.92 Å². The number of hydrogen-bond donors (Lipinski definition) is 1. The number of hydrogen-bond acceptors (Lipinski definition) is 4. The summed E-state index contributed by atoms with van der Waals surface area (Å²) in [6, 6.07) is 7.13. The van der Waals surface area contributed by atoms with Crippen LogP contribution in [-0.4, -0.2) is 37.9 Å². The summed E-state index contributed by atoms with van der Waals surface area (Å²) in [5.41, 5.74) is 2.31. The van der Waals surface area contributed by atoms with Crippen LogP contribution in [0.3, 0.4) is 0 Å². The number of rotatable bonds is 4. The van der Waals surface area contributed by atoms with Crippen LogP contribution in [-0.2, 0) is 12.8 Å². The number of methoxy groups -OCH3 is 1. The Balaban J connectivity index is 1.81. The Hall–Kier alpha value is -2.34. The van der Waals surface area contributed by atoms with Crippen LogP contribution in [0, 0.1) is 5.92 Å². The van der Waals surface area contributed by atoms with E-state index in [1.54, 1.807) is 43.6 Å². The zero-order valence-corrected chi connectivity index (χ0v) is 16.4. The summed E-state index contributed by atoms with van der Waals surface area (Å²) in [4.78, 5) is 28.5. The highest BCUT2D eigenvalue weighted by Gasteiger charge is 2.21. The molecule has 2 aromatic rings. The molecule has 1 atom stereocenters. The number of anilines is 1. The third-order valence-corrected chi connectivity index (χ3v) is 5.88. The van der Waals surface area contributed by atoms with Gasteiger partial charge in [0.2, 0.25) is 0 Å². The van der Waals surface area contributed by atoms with Gasteiger partial charge in [0.25, 0.3) is 11.8 Å². The van der Waals surface area contributed by atoms with Gasteiger partial charge < -0.3 is 15.0 Å². The smallest absolute Gasteiger partial charge is 0.265 e. The van der Waals surface area contributed by atoms with E-state index < -0.39 is 0 Å². The Morgan fingerprint density at radius 1 is 1.27 bits per heavy atom. The molecule has 0 fully saturated rings. The quantitative estimate of drug-likeness (QED) is 0.887. The highest BCUT2D eigenvalue weighted by atomic mass is 32.1. The monoisotopic (exact) mass is 372 g/mol. The molecule has 0 aliphatic heterocycles. The molecule has 0 radical (unpaired) electrons. The fourth-order valence-electron chi connectivity index (χ4n) is 3.20. The van der Waals surface area contributed by atoms with E-state index in [0.29, 0.717) is 22.9 Å². The highest BCUT2D eigenvalue weighted by Crippen LogP contribution is 2.33. The molecule has 1 aliphatic rings. The molecule has 1 N–H and O–H groups in total. The molecular formula is C20H24N2O3S. The zero-order valence-electron chi connectivity index (χ0n) is 15.6. The number of benzene rings is 1. The Labute approximate surface area is 158 Å². The van der Waals surface area contributed by atoms with E-state index in [9.17, 15) is 9.59 Å². The minimum atomic E-state index is -0.168. The average Bonchev–Trinajstić information content (AvgIpc) is 3.04. The Morgan fingerprint density at radius 2 is 2.04 bits per heavy atom. The van der Waals surface area contributed by atoms with Crippen LogP contribution in [0.1, 0.15) is 43.8 Å². The molecule has 0 saturated heterocycles. The molecule has 0 saturated carbocycles. The minimum absolute atomic E-state index is 0.134. The lowest BCUT2D eigenvalue weighted by Gasteiger charge is -2.16. The Bertz CT molecular complexity index is 842. The predicted octanol–water partition coefficient (Wildman–Crippen LogP) is 3.84. The van der Waals surface area contributed by atoms with Crippen molar-refractivity contribution in [2.75, 3.05) is 26.5 Å². The van der Waals surface area contributed by atoms with E-state index in [1.165, 1.54) is 28.9 Å². The molecule has 1 unspecified atom stereocenters. The van der Waals surface area contributed by atoms with Gasteiger partial charge in [0.1, 0.15) is 5.75 Å². The van der Waals surface area contributed by atoms with Gasteiger partial charge in [-0.25, -0.2) is 0 Å². The van der Waals surface area contributed by atoms with Crippen molar-refractivity contribution < 1.29 is 14.3 Å². The van der Waals surface area contributed by atoms with E-state index >= 15 is 0 Å². The summed E-state index contributed by atoms with van der Waals surface area (Å²) < 4.78 is 5.27. The second kappa shape index (κ2) is 7.50. The predicted molar refractivity (Wildman–Crippen MR) is 104 cm³/mol. The van der Waals surface area contributed by atoms with E-state index in [-0.39, 0.29) is 11.8 Å². The van der Waals surface area contributed by atoms with E-state index in [0.717, 1.165) is 17.7 Å². The summed E-state index contributed by atoms with van der Waals surface area (Å²) in [5.74, 6) is 0.862. The lowest BCUT2D eigenvalue weighted by molar-refractivity contribution is 0.0824. The fraction of sp³-hybridized carbons (Fsp3) is 0.400. The van der Waals surface area contributed by atoms with Crippen molar-refractivity contribution >= 4 is 28.8 Å². The topological polar surface area (TPSA) is 58.6 Å². The number of nitrogens with one attached hydrogen (secondary N) is 1. The lowest BCUT2D eigenvalue weighted by atomic mass is 9.90. The number of thiophene rings is 1. The fourth-order valence-corrected chi connectivity index (χ4v) is 4.31. The van der Waals surface area contributed by atoms with Crippen molar-refractivity contribution in [2.24, 2.45) is 5.92 Å². The standard InChI is InChI=1S/C20H24N2O3S/c1-12-5-8-17-13(9-12)10-18(26-17)19(23)21-14-6-7-16(25-4)15(11-14)20(24)22(2)3/h6-7,10-12H,5,8-9H2,1-4H3,(H,21,23). The van der Waals surface area contributed by atoms with Crippen LogP contribution >= 0.6 is 11.3 Å². The van der Waals surface area contributed by atoms with E-state index in [2.05, 4.69) is 12.2 Å². The Kier molecular flexibility index (Phi) is 5.32. The van der Waals surface area contributed by atoms with Crippen molar-refractivity contribution in [3.8, 4) is 5.75 Å². The van der Waals surface area contributed by atoms with Gasteiger partial charge in [0, 0.05) is 24.7 Å². The summed E-state index contributed by atoms with van der Waals surface area (Å²) >= 11 is 1.58. The lowest BCUT2D eigenvalue weighted by Crippen LogP contribution is -2.22. The molecule has 1 aromatic carbocycles. The van der Waals surface area contributed by atoms with Crippen LogP contribution in [0.5, 0.6) is 5.75 Å². The van der Waals surface area contributed by atoms with Crippen molar-refractivity contribution in [3.05, 3.63) is 45.1 Å². The van der Waals surface area contributed by atoms with E-state index in [4.69, 9.17) is 4.74 Å². The maximum Gasteiger partial charge on any atom is 0.265 e. The normalized spacial score (nSPS) is 15.9. The minimum Gasteiger partial charge on any atom is -0.496 e. The summed E-state index contributed by atoms with van der Waals surface area (Å²) in [7, 11) is 4.89. The molecule has 0 bridgehead atoms. The Morgan fingerprint density at radius 3 is 2.73 bits per heavy atom. The maximum atomic E-state index is 12.7. The SMILES string of the molecule is COc1ccc(NC(=O)c2cc3c(s2)CCC(C)C3)cc1C(=O)N(C)C. The summed E-state index contributed by atoms with van der Waals surface area (Å²) in [6.07, 6.45) is 3.28. The zero-order chi connectivity index (χ0) is 18.8. The number of nitrogens with zero attached hydrogens (tertiary/aromatic N) is 1. The number of amides is 2. The third-order valence-electron chi connectivity index (χ3n) is 4.65. The molecule has 1 heterocycles. The van der Waals surface area contributed by atoms with Gasteiger partial charge in [-0.3, -0.25) is 9.59 Å². The number of carbonyl (C=O) groups excluding carboxylic acids is 2. The first-order valence-corrected chi connectivity index (χ1v) is 9.53. The van der Waals surface area contributed by atoms with Crippen molar-refractivity contribution in [3.63, 3.8) is 0 Å². The molecule has 26 heavy (non-hydrogen) atoms. The number of aryl methyl sites for hydroxylation is 1. The molecule has 2 amide bonds. The molecule has 1 aromatic heterocycles. The molecule has 6 heteroatoms. The van der Waals surface area contributed by atoms with Crippen LogP contribution in [0.4, 0.5) is 5.69 Å². The second-order valence-electron chi connectivity index (χ2n) is 6.98. The maximum absolute atomic E-state index is 12.7. The first-order valence-electron chi connectivity index (χ1n) is 8.71. The third kappa shape index (κ3) is 3.75. The summed E-state index contributed by atoms with van der Waals surface area (Å²) in [6.45, 7) is 2.25. The molecule has 1 aliphatic carbocycles. The van der Waals surface area contributed by atoms with Crippen LogP contribution in [0.25, 0.3) is 0 Å². The van der Waals surface area contributed by atoms with Crippen molar-refractivity contribution in [1.29, 1.82) is 0 Å². The number of fused-ring (bicyclic) bond motifs is 1. The van der Waals surface area contributed by atoms with Gasteiger partial charge in [-0.2, -0.15) is 0 Å². The van der Waals surface area contributed by atoms with Crippen LogP contribution < -0.4 is 10.1 Å². The number of carbonyl (C=O) groups is 2. The van der Waals surface area contributed by atoms with E-state index in [1.807, 2.05) is 6.07 Å². The number of ether oxygens (including phenoxy) is 1. The molecule has 5 nitrogen and oxygen atoms in total. The largest absolute Gasteiger partial charge is 0.496 e. The van der Waals surface area contributed by atoms with Gasteiger partial charge in [-0.15, -0.1) is 11.3 Å². The van der Waals surface area contributed by atoms with Gasteiger partial charge in [0.05, 0.1) is 17.6 Å². The van der Waals surface area contributed by atoms with Crippen molar-refractivity contribution in [2.45, 2.75) is 26.2 Å². The van der Waals surface area contributed by atoms with Crippen LogP contribution in [0.2, 0.25) is 0 Å². The molecule has 0 spiro atoms. The molecular weight excluding hydrogens is 348 g/mol. The van der Waals surface area contributed by atoms with Gasteiger partial charge >= 0.3 is 0 Å². The van der Waals surface area contributed by atoms with Crippen LogP contribution in [0.15, 0.2) is 24.3 Å². The van der Waals surface area contributed by atoms with Gasteiger partial charge in [0.15, 0.2) is 0 Å². The van der Waals surface area contributed by atoms with Crippen molar-refractivity contribution in [1.82, 2.24) is 4.90 Å². The first kappa shape index (κ1) is 18.5. The molecule has 138 valence electrons. The first-order chi connectivity index (χ1) is 12.4. The second-order valence-corrected chi connectivity index (χ2v) is 8.11.